The second-order valence-electron chi connectivity index (χ2n) is 6.92. The molecule has 3 nitrogen and oxygen atoms in total. The van der Waals surface area contributed by atoms with E-state index in [4.69, 9.17) is 4.74 Å². The lowest BCUT2D eigenvalue weighted by atomic mass is 9.74. The summed E-state index contributed by atoms with van der Waals surface area (Å²) in [5.74, 6) is 0.0362. The Morgan fingerprint density at radius 2 is 1.60 bits per heavy atom. The molecule has 134 valence electrons. The number of aliphatic hydroxyl groups is 1. The van der Waals surface area contributed by atoms with Crippen molar-refractivity contribution in [3.63, 3.8) is 0 Å². The molecular formula is C22H29NO2. The van der Waals surface area contributed by atoms with Crippen LogP contribution in [0.25, 0.3) is 0 Å². The fourth-order valence-electron chi connectivity index (χ4n) is 3.89. The van der Waals surface area contributed by atoms with Crippen LogP contribution in [0.4, 0.5) is 0 Å². The van der Waals surface area contributed by atoms with E-state index in [-0.39, 0.29) is 5.92 Å². The van der Waals surface area contributed by atoms with Crippen LogP contribution in [-0.2, 0) is 10.3 Å². The van der Waals surface area contributed by atoms with E-state index in [2.05, 4.69) is 48.2 Å². The third-order valence-corrected chi connectivity index (χ3v) is 5.23. The number of rotatable bonds is 7. The first-order chi connectivity index (χ1) is 12.2. The van der Waals surface area contributed by atoms with Gasteiger partial charge in [0.2, 0.25) is 0 Å². The Balaban J connectivity index is 1.97. The third kappa shape index (κ3) is 4.30. The van der Waals surface area contributed by atoms with Crippen LogP contribution in [0.1, 0.15) is 36.8 Å². The Kier molecular flexibility index (Phi) is 6.24. The maximum Gasteiger partial charge on any atom is 0.0976 e. The van der Waals surface area contributed by atoms with Crippen molar-refractivity contribution in [2.75, 3.05) is 32.8 Å². The molecule has 0 radical (unpaired) electrons. The van der Waals surface area contributed by atoms with E-state index >= 15 is 0 Å². The van der Waals surface area contributed by atoms with Crippen molar-refractivity contribution < 1.29 is 9.84 Å². The van der Waals surface area contributed by atoms with Gasteiger partial charge in [-0.3, -0.25) is 4.90 Å². The second kappa shape index (κ2) is 8.61. The van der Waals surface area contributed by atoms with Gasteiger partial charge in [0.1, 0.15) is 0 Å². The van der Waals surface area contributed by atoms with Crippen molar-refractivity contribution in [1.29, 1.82) is 0 Å². The lowest BCUT2D eigenvalue weighted by Crippen LogP contribution is -2.45. The Labute approximate surface area is 151 Å². The molecule has 25 heavy (non-hydrogen) atoms. The van der Waals surface area contributed by atoms with Crippen molar-refractivity contribution in [2.45, 2.75) is 31.3 Å². The molecule has 2 aromatic carbocycles. The highest BCUT2D eigenvalue weighted by molar-refractivity contribution is 5.31. The van der Waals surface area contributed by atoms with E-state index in [0.29, 0.717) is 0 Å². The van der Waals surface area contributed by atoms with E-state index in [9.17, 15) is 5.11 Å². The fraction of sp³-hybridized carbons (Fsp3) is 0.455. The van der Waals surface area contributed by atoms with Gasteiger partial charge in [0, 0.05) is 25.6 Å². The lowest BCUT2D eigenvalue weighted by molar-refractivity contribution is -0.0285. The highest BCUT2D eigenvalue weighted by atomic mass is 16.5. The molecule has 1 fully saturated rings. The first kappa shape index (κ1) is 18.1. The van der Waals surface area contributed by atoms with Crippen LogP contribution in [-0.4, -0.2) is 42.9 Å². The molecule has 0 amide bonds. The SMILES string of the molecule is CCCC(O)(c1ccccc1)C(CN1CCOCC1)c1ccccc1. The maximum atomic E-state index is 11.9. The largest absolute Gasteiger partial charge is 0.384 e. The predicted molar refractivity (Wildman–Crippen MR) is 102 cm³/mol. The van der Waals surface area contributed by atoms with E-state index < -0.39 is 5.60 Å². The van der Waals surface area contributed by atoms with Crippen LogP contribution in [0.3, 0.4) is 0 Å². The molecule has 0 saturated carbocycles. The van der Waals surface area contributed by atoms with Gasteiger partial charge >= 0.3 is 0 Å². The molecule has 1 aliphatic rings. The summed E-state index contributed by atoms with van der Waals surface area (Å²) in [6.45, 7) is 6.40. The summed E-state index contributed by atoms with van der Waals surface area (Å²) in [6, 6.07) is 20.6. The average molecular weight is 339 g/mol. The molecule has 2 aromatic rings. The Hall–Kier alpha value is -1.68. The summed E-state index contributed by atoms with van der Waals surface area (Å²) >= 11 is 0. The van der Waals surface area contributed by atoms with E-state index in [0.717, 1.165) is 51.3 Å². The summed E-state index contributed by atoms with van der Waals surface area (Å²) in [6.07, 6.45) is 1.69. The molecule has 2 atom stereocenters. The topological polar surface area (TPSA) is 32.7 Å². The molecule has 0 aromatic heterocycles. The van der Waals surface area contributed by atoms with Crippen molar-refractivity contribution >= 4 is 0 Å². The number of nitrogens with zero attached hydrogens (tertiary/aromatic N) is 1. The average Bonchev–Trinajstić information content (AvgIpc) is 2.68. The van der Waals surface area contributed by atoms with Crippen LogP contribution in [0.5, 0.6) is 0 Å². The zero-order chi connectivity index (χ0) is 17.5. The second-order valence-corrected chi connectivity index (χ2v) is 6.92. The van der Waals surface area contributed by atoms with Gasteiger partial charge < -0.3 is 9.84 Å². The minimum Gasteiger partial charge on any atom is -0.384 e. The normalized spacial score (nSPS) is 19.3. The van der Waals surface area contributed by atoms with Gasteiger partial charge in [-0.25, -0.2) is 0 Å². The molecule has 0 aliphatic carbocycles. The van der Waals surface area contributed by atoms with Crippen LogP contribution in [0.15, 0.2) is 60.7 Å². The summed E-state index contributed by atoms with van der Waals surface area (Å²) in [4.78, 5) is 2.42. The van der Waals surface area contributed by atoms with Crippen LogP contribution >= 0.6 is 0 Å². The Morgan fingerprint density at radius 3 is 2.20 bits per heavy atom. The number of hydrogen-bond donors (Lipinski definition) is 1. The van der Waals surface area contributed by atoms with E-state index in [1.807, 2.05) is 24.3 Å². The van der Waals surface area contributed by atoms with E-state index in [1.165, 1.54) is 5.56 Å². The molecular weight excluding hydrogens is 310 g/mol. The minimum atomic E-state index is -0.865. The molecule has 0 bridgehead atoms. The Morgan fingerprint density at radius 1 is 1.00 bits per heavy atom. The summed E-state index contributed by atoms with van der Waals surface area (Å²) in [5.41, 5.74) is 1.35. The van der Waals surface area contributed by atoms with Crippen molar-refractivity contribution in [1.82, 2.24) is 4.90 Å². The minimum absolute atomic E-state index is 0.0362. The monoisotopic (exact) mass is 339 g/mol. The van der Waals surface area contributed by atoms with Crippen molar-refractivity contribution in [2.24, 2.45) is 0 Å². The molecule has 3 heteroatoms. The van der Waals surface area contributed by atoms with Gasteiger partial charge in [0.15, 0.2) is 0 Å². The third-order valence-electron chi connectivity index (χ3n) is 5.23. The smallest absolute Gasteiger partial charge is 0.0976 e. The van der Waals surface area contributed by atoms with Gasteiger partial charge in [-0.05, 0) is 17.5 Å². The molecule has 1 heterocycles. The first-order valence-electron chi connectivity index (χ1n) is 9.37. The number of hydrogen-bond acceptors (Lipinski definition) is 3. The summed E-state index contributed by atoms with van der Waals surface area (Å²) in [7, 11) is 0. The van der Waals surface area contributed by atoms with Crippen LogP contribution in [0.2, 0.25) is 0 Å². The van der Waals surface area contributed by atoms with Gasteiger partial charge in [0.05, 0.1) is 18.8 Å². The first-order valence-corrected chi connectivity index (χ1v) is 9.37. The predicted octanol–water partition coefficient (Wildman–Crippen LogP) is 3.79. The van der Waals surface area contributed by atoms with Crippen molar-refractivity contribution in [3.05, 3.63) is 71.8 Å². The Bertz CT molecular complexity index is 625. The number of benzene rings is 2. The molecule has 1 N–H and O–H groups in total. The molecule has 0 spiro atoms. The summed E-state index contributed by atoms with van der Waals surface area (Å²) in [5, 5.41) is 11.9. The molecule has 1 saturated heterocycles. The highest BCUT2D eigenvalue weighted by Gasteiger charge is 2.39. The molecule has 2 unspecified atom stereocenters. The van der Waals surface area contributed by atoms with Gasteiger partial charge in [-0.15, -0.1) is 0 Å². The molecule has 3 rings (SSSR count). The lowest BCUT2D eigenvalue weighted by Gasteiger charge is -2.41. The van der Waals surface area contributed by atoms with Gasteiger partial charge in [-0.1, -0.05) is 74.0 Å². The highest BCUT2D eigenvalue weighted by Crippen LogP contribution is 2.41. The number of ether oxygens (including phenoxy) is 1. The zero-order valence-corrected chi connectivity index (χ0v) is 15.1. The molecule has 1 aliphatic heterocycles. The van der Waals surface area contributed by atoms with Crippen LogP contribution in [0, 0.1) is 0 Å². The number of morpholine rings is 1. The van der Waals surface area contributed by atoms with E-state index in [1.54, 1.807) is 0 Å². The van der Waals surface area contributed by atoms with Crippen LogP contribution < -0.4 is 0 Å². The van der Waals surface area contributed by atoms with Crippen molar-refractivity contribution in [3.8, 4) is 0 Å². The zero-order valence-electron chi connectivity index (χ0n) is 15.1. The summed E-state index contributed by atoms with van der Waals surface area (Å²) < 4.78 is 5.50. The van der Waals surface area contributed by atoms with Gasteiger partial charge in [-0.2, -0.15) is 0 Å². The quantitative estimate of drug-likeness (QED) is 0.833. The standard InChI is InChI=1S/C22H29NO2/c1-2-13-22(24,20-11-7-4-8-12-20)21(19-9-5-3-6-10-19)18-23-14-16-25-17-15-23/h3-12,21,24H,2,13-18H2,1H3. The van der Waals surface area contributed by atoms with Gasteiger partial charge in [0.25, 0.3) is 0 Å². The fourth-order valence-corrected chi connectivity index (χ4v) is 3.89. The maximum absolute atomic E-state index is 11.9.